The molecule has 0 spiro atoms. The van der Waals surface area contributed by atoms with E-state index < -0.39 is 0 Å². The van der Waals surface area contributed by atoms with Gasteiger partial charge in [-0.3, -0.25) is 4.98 Å². The Hall–Kier alpha value is -2.93. The first-order chi connectivity index (χ1) is 15.6. The van der Waals surface area contributed by atoms with Gasteiger partial charge in [-0.2, -0.15) is 0 Å². The summed E-state index contributed by atoms with van der Waals surface area (Å²) in [5, 5.41) is 4.12. The fraction of sp³-hybridized carbons (Fsp3) is 0.120. The van der Waals surface area contributed by atoms with Crippen molar-refractivity contribution in [2.24, 2.45) is 0 Å². The first kappa shape index (κ1) is 20.9. The Kier molecular flexibility index (Phi) is 5.83. The van der Waals surface area contributed by atoms with Gasteiger partial charge >= 0.3 is 0 Å². The molecule has 0 radical (unpaired) electrons. The maximum absolute atomic E-state index is 6.29. The molecule has 0 saturated carbocycles. The van der Waals surface area contributed by atoms with Crippen LogP contribution in [0.15, 0.2) is 85.1 Å². The number of thiocarbonyl (C=S) groups is 1. The molecular formula is C25H20ClN3OS2. The average molecular weight is 478 g/mol. The lowest BCUT2D eigenvalue weighted by Crippen LogP contribution is -2.28. The van der Waals surface area contributed by atoms with E-state index in [0.717, 1.165) is 37.7 Å². The van der Waals surface area contributed by atoms with E-state index in [1.807, 2.05) is 79.7 Å². The Morgan fingerprint density at radius 1 is 1.00 bits per heavy atom. The molecule has 0 aliphatic carbocycles. The third-order valence-electron chi connectivity index (χ3n) is 5.42. The van der Waals surface area contributed by atoms with Crippen LogP contribution in [-0.4, -0.2) is 10.1 Å². The minimum absolute atomic E-state index is 0.0574. The van der Waals surface area contributed by atoms with Crippen molar-refractivity contribution in [3.8, 4) is 11.5 Å². The van der Waals surface area contributed by atoms with Gasteiger partial charge in [-0.05, 0) is 79.3 Å². The van der Waals surface area contributed by atoms with Gasteiger partial charge in [-0.15, -0.1) is 11.3 Å². The summed E-state index contributed by atoms with van der Waals surface area (Å²) in [5.41, 5.74) is 3.01. The number of hydrogen-bond donors (Lipinski definition) is 1. The Balaban J connectivity index is 1.48. The number of thiophene rings is 1. The van der Waals surface area contributed by atoms with Crippen molar-refractivity contribution in [1.29, 1.82) is 0 Å². The summed E-state index contributed by atoms with van der Waals surface area (Å²) in [4.78, 5) is 7.83. The lowest BCUT2D eigenvalue weighted by molar-refractivity contribution is 0.479. The monoisotopic (exact) mass is 477 g/mol. The lowest BCUT2D eigenvalue weighted by atomic mass is 10.0. The minimum Gasteiger partial charge on any atom is -0.457 e. The van der Waals surface area contributed by atoms with E-state index in [9.17, 15) is 0 Å². The molecule has 4 aromatic rings. The second-order valence-electron chi connectivity index (χ2n) is 7.50. The molecule has 1 aliphatic rings. The van der Waals surface area contributed by atoms with E-state index in [0.29, 0.717) is 5.11 Å². The van der Waals surface area contributed by atoms with E-state index in [-0.39, 0.29) is 12.1 Å². The van der Waals surface area contributed by atoms with Gasteiger partial charge in [0.05, 0.1) is 22.1 Å². The number of para-hydroxylation sites is 1. The summed E-state index contributed by atoms with van der Waals surface area (Å²) >= 11 is 13.6. The van der Waals surface area contributed by atoms with E-state index in [1.165, 1.54) is 0 Å². The molecule has 1 saturated heterocycles. The number of benzene rings is 2. The maximum atomic E-state index is 6.29. The first-order valence-corrected chi connectivity index (χ1v) is 11.8. The molecule has 2 atom stereocenters. The quantitative estimate of drug-likeness (QED) is 0.311. The number of rotatable bonds is 5. The molecule has 5 rings (SSSR count). The van der Waals surface area contributed by atoms with Crippen LogP contribution in [0.1, 0.15) is 28.2 Å². The van der Waals surface area contributed by atoms with Crippen molar-refractivity contribution >= 4 is 46.0 Å². The average Bonchev–Trinajstić information content (AvgIpc) is 3.39. The minimum atomic E-state index is -0.0821. The predicted molar refractivity (Wildman–Crippen MR) is 135 cm³/mol. The van der Waals surface area contributed by atoms with Crippen LogP contribution in [-0.2, 0) is 0 Å². The van der Waals surface area contributed by atoms with Crippen molar-refractivity contribution in [3.05, 3.63) is 106 Å². The van der Waals surface area contributed by atoms with E-state index in [2.05, 4.69) is 21.3 Å². The standard InChI is InChI=1S/C25H20ClN3OS2/c1-16-6-2-3-8-20(16)30-18-11-9-17(10-12-18)29-24(21-13-14-22(26)32-21)23(28-25(29)31)19-7-4-5-15-27-19/h2-15,23-24H,1H3,(H,28,31)/t23-,24-/m0/s1. The van der Waals surface area contributed by atoms with Gasteiger partial charge in [0.25, 0.3) is 0 Å². The number of halogens is 1. The van der Waals surface area contributed by atoms with Crippen LogP contribution < -0.4 is 15.0 Å². The van der Waals surface area contributed by atoms with Gasteiger partial charge in [-0.1, -0.05) is 35.9 Å². The van der Waals surface area contributed by atoms with Crippen LogP contribution in [0.5, 0.6) is 11.5 Å². The maximum Gasteiger partial charge on any atom is 0.174 e. The van der Waals surface area contributed by atoms with Crippen LogP contribution in [0.4, 0.5) is 5.69 Å². The number of ether oxygens (including phenoxy) is 1. The zero-order chi connectivity index (χ0) is 22.1. The van der Waals surface area contributed by atoms with Crippen molar-refractivity contribution in [3.63, 3.8) is 0 Å². The molecule has 1 aliphatic heterocycles. The molecular weight excluding hydrogens is 458 g/mol. The summed E-state index contributed by atoms with van der Waals surface area (Å²) in [6, 6.07) is 25.8. The molecule has 1 fully saturated rings. The van der Waals surface area contributed by atoms with Crippen LogP contribution in [0.2, 0.25) is 4.34 Å². The number of pyridine rings is 1. The zero-order valence-electron chi connectivity index (χ0n) is 17.2. The Labute approximate surface area is 201 Å². The number of anilines is 1. The van der Waals surface area contributed by atoms with Crippen LogP contribution in [0.25, 0.3) is 0 Å². The number of hydrogen-bond acceptors (Lipinski definition) is 4. The third kappa shape index (κ3) is 4.09. The Morgan fingerprint density at radius 3 is 2.47 bits per heavy atom. The Morgan fingerprint density at radius 2 is 1.78 bits per heavy atom. The van der Waals surface area contributed by atoms with Gasteiger partial charge in [0.15, 0.2) is 5.11 Å². The van der Waals surface area contributed by atoms with E-state index >= 15 is 0 Å². The molecule has 4 nitrogen and oxygen atoms in total. The fourth-order valence-electron chi connectivity index (χ4n) is 3.88. The molecule has 7 heteroatoms. The van der Waals surface area contributed by atoms with Crippen molar-refractivity contribution in [2.75, 3.05) is 4.90 Å². The van der Waals surface area contributed by atoms with Crippen molar-refractivity contribution in [1.82, 2.24) is 10.3 Å². The highest BCUT2D eigenvalue weighted by molar-refractivity contribution is 7.80. The molecule has 160 valence electrons. The summed E-state index contributed by atoms with van der Waals surface area (Å²) in [7, 11) is 0. The highest BCUT2D eigenvalue weighted by Gasteiger charge is 2.41. The molecule has 0 amide bonds. The molecule has 32 heavy (non-hydrogen) atoms. The fourth-order valence-corrected chi connectivity index (χ4v) is 5.42. The summed E-state index contributed by atoms with van der Waals surface area (Å²) in [6.07, 6.45) is 1.80. The van der Waals surface area contributed by atoms with E-state index in [4.69, 9.17) is 28.6 Å². The number of nitrogens with one attached hydrogen (secondary N) is 1. The highest BCUT2D eigenvalue weighted by Crippen LogP contribution is 2.44. The third-order valence-corrected chi connectivity index (χ3v) is 7.04. The number of aromatic nitrogens is 1. The molecule has 3 heterocycles. The van der Waals surface area contributed by atoms with Gasteiger partial charge in [0, 0.05) is 16.8 Å². The lowest BCUT2D eigenvalue weighted by Gasteiger charge is -2.27. The van der Waals surface area contributed by atoms with E-state index in [1.54, 1.807) is 17.5 Å². The summed E-state index contributed by atoms with van der Waals surface area (Å²) < 4.78 is 6.82. The van der Waals surface area contributed by atoms with Crippen LogP contribution in [0, 0.1) is 6.92 Å². The summed E-state index contributed by atoms with van der Waals surface area (Å²) in [5.74, 6) is 1.62. The van der Waals surface area contributed by atoms with Gasteiger partial charge in [-0.25, -0.2) is 0 Å². The van der Waals surface area contributed by atoms with Gasteiger partial charge in [0.2, 0.25) is 0 Å². The van der Waals surface area contributed by atoms with Crippen LogP contribution in [0.3, 0.4) is 0 Å². The molecule has 0 bridgehead atoms. The molecule has 1 N–H and O–H groups in total. The number of nitrogens with zero attached hydrogens (tertiary/aromatic N) is 2. The topological polar surface area (TPSA) is 37.4 Å². The SMILES string of the molecule is Cc1ccccc1Oc1ccc(N2C(=S)N[C@@H](c3ccccn3)[C@@H]2c2ccc(Cl)s2)cc1. The first-order valence-electron chi connectivity index (χ1n) is 10.2. The van der Waals surface area contributed by atoms with Gasteiger partial charge < -0.3 is 15.0 Å². The van der Waals surface area contributed by atoms with Crippen molar-refractivity contribution in [2.45, 2.75) is 19.0 Å². The molecule has 0 unspecified atom stereocenters. The van der Waals surface area contributed by atoms with Gasteiger partial charge in [0.1, 0.15) is 11.5 Å². The Bertz CT molecular complexity index is 1240. The molecule has 2 aromatic carbocycles. The number of aryl methyl sites for hydroxylation is 1. The largest absolute Gasteiger partial charge is 0.457 e. The smallest absolute Gasteiger partial charge is 0.174 e. The predicted octanol–water partition coefficient (Wildman–Crippen LogP) is 7.07. The highest BCUT2D eigenvalue weighted by atomic mass is 35.5. The second-order valence-corrected chi connectivity index (χ2v) is 9.63. The summed E-state index contributed by atoms with van der Waals surface area (Å²) in [6.45, 7) is 2.03. The zero-order valence-corrected chi connectivity index (χ0v) is 19.6. The van der Waals surface area contributed by atoms with Crippen LogP contribution >= 0.6 is 35.2 Å². The van der Waals surface area contributed by atoms with Crippen molar-refractivity contribution < 1.29 is 4.74 Å². The second kappa shape index (κ2) is 8.90. The molecule has 2 aromatic heterocycles. The normalized spacial score (nSPS) is 17.9.